The number of nitrogens with zero attached hydrogens (tertiary/aromatic N) is 3. The number of nitrogens with one attached hydrogen (secondary N) is 1. The van der Waals surface area contributed by atoms with Crippen LogP contribution in [0.5, 0.6) is 0 Å². The van der Waals surface area contributed by atoms with Gasteiger partial charge in [-0.3, -0.25) is 4.79 Å². The van der Waals surface area contributed by atoms with Crippen LogP contribution in [0.1, 0.15) is 6.92 Å². The topological polar surface area (TPSA) is 59.8 Å². The number of anilines is 1. The number of para-hydroxylation sites is 1. The zero-order valence-electron chi connectivity index (χ0n) is 13.9. The van der Waals surface area contributed by atoms with Crippen LogP contribution >= 0.6 is 39.3 Å². The Kier molecular flexibility index (Phi) is 6.34. The maximum Gasteiger partial charge on any atom is 0.234 e. The molecule has 0 aliphatic rings. The molecule has 26 heavy (non-hydrogen) atoms. The van der Waals surface area contributed by atoms with E-state index in [2.05, 4.69) is 31.4 Å². The van der Waals surface area contributed by atoms with E-state index in [9.17, 15) is 4.79 Å². The van der Waals surface area contributed by atoms with Crippen molar-refractivity contribution in [2.45, 2.75) is 18.6 Å². The fourth-order valence-electron chi connectivity index (χ4n) is 2.40. The second-order valence-corrected chi connectivity index (χ2v) is 7.64. The summed E-state index contributed by atoms with van der Waals surface area (Å²) >= 11 is 10.9. The molecule has 1 amide bonds. The lowest BCUT2D eigenvalue weighted by Gasteiger charge is -2.08. The normalized spacial score (nSPS) is 10.7. The molecule has 0 unspecified atom stereocenters. The smallest absolute Gasteiger partial charge is 0.234 e. The number of thioether (sulfide) groups is 1. The molecule has 1 N–H and O–H groups in total. The predicted octanol–water partition coefficient (Wildman–Crippen LogP) is 5.11. The number of carbonyl (C=O) groups excluding carboxylic acids is 1. The van der Waals surface area contributed by atoms with E-state index in [1.807, 2.05) is 47.9 Å². The monoisotopic (exact) mass is 450 g/mol. The van der Waals surface area contributed by atoms with E-state index in [0.29, 0.717) is 22.4 Å². The number of hydrogen-bond acceptors (Lipinski definition) is 4. The molecule has 0 bridgehead atoms. The Morgan fingerprint density at radius 3 is 2.77 bits per heavy atom. The van der Waals surface area contributed by atoms with Crippen LogP contribution < -0.4 is 5.32 Å². The minimum atomic E-state index is -0.141. The minimum absolute atomic E-state index is 0.141. The first-order chi connectivity index (χ1) is 12.6. The molecule has 2 aromatic carbocycles. The molecule has 1 aromatic heterocycles. The molecule has 1 heterocycles. The fraction of sp³-hybridized carbons (Fsp3) is 0.167. The highest BCUT2D eigenvalue weighted by Crippen LogP contribution is 2.26. The van der Waals surface area contributed by atoms with Crippen LogP contribution in [0.2, 0.25) is 5.02 Å². The van der Waals surface area contributed by atoms with Gasteiger partial charge in [0.1, 0.15) is 0 Å². The summed E-state index contributed by atoms with van der Waals surface area (Å²) in [6, 6.07) is 15.1. The van der Waals surface area contributed by atoms with E-state index in [0.717, 1.165) is 15.9 Å². The van der Waals surface area contributed by atoms with Gasteiger partial charge >= 0.3 is 0 Å². The average molecular weight is 452 g/mol. The Balaban J connectivity index is 1.71. The SMILES string of the molecule is CCn1c(SCC(=O)Nc2ccccc2Cl)nnc1-c1cccc(Br)c1. The van der Waals surface area contributed by atoms with Gasteiger partial charge in [0.2, 0.25) is 5.91 Å². The summed E-state index contributed by atoms with van der Waals surface area (Å²) in [5.74, 6) is 0.863. The van der Waals surface area contributed by atoms with Gasteiger partial charge in [0.15, 0.2) is 11.0 Å². The highest BCUT2D eigenvalue weighted by molar-refractivity contribution is 9.10. The van der Waals surface area contributed by atoms with Gasteiger partial charge in [0, 0.05) is 16.6 Å². The lowest BCUT2D eigenvalue weighted by Crippen LogP contribution is -2.15. The standard InChI is InChI=1S/C18H16BrClN4OS/c1-2-24-17(12-6-5-7-13(19)10-12)22-23-18(24)26-11-16(25)21-15-9-4-3-8-14(15)20/h3-10H,2,11H2,1H3,(H,21,25). The van der Waals surface area contributed by atoms with Crippen molar-refractivity contribution >= 4 is 50.9 Å². The molecule has 0 atom stereocenters. The van der Waals surface area contributed by atoms with E-state index in [-0.39, 0.29) is 11.7 Å². The second-order valence-electron chi connectivity index (χ2n) is 5.38. The van der Waals surface area contributed by atoms with Crippen molar-refractivity contribution in [2.75, 3.05) is 11.1 Å². The van der Waals surface area contributed by atoms with Crippen LogP contribution in [0, 0.1) is 0 Å². The Morgan fingerprint density at radius 2 is 2.04 bits per heavy atom. The fourth-order valence-corrected chi connectivity index (χ4v) is 3.79. The van der Waals surface area contributed by atoms with E-state index in [4.69, 9.17) is 11.6 Å². The maximum absolute atomic E-state index is 12.2. The van der Waals surface area contributed by atoms with Gasteiger partial charge in [0.05, 0.1) is 16.5 Å². The molecule has 3 rings (SSSR count). The van der Waals surface area contributed by atoms with Gasteiger partial charge in [-0.15, -0.1) is 10.2 Å². The van der Waals surface area contributed by atoms with Crippen molar-refractivity contribution in [1.82, 2.24) is 14.8 Å². The quantitative estimate of drug-likeness (QED) is 0.529. The van der Waals surface area contributed by atoms with Crippen LogP contribution in [0.4, 0.5) is 5.69 Å². The molecule has 0 aliphatic heterocycles. The Labute approximate surface area is 169 Å². The van der Waals surface area contributed by atoms with Gasteiger partial charge in [-0.25, -0.2) is 0 Å². The zero-order chi connectivity index (χ0) is 18.5. The summed E-state index contributed by atoms with van der Waals surface area (Å²) in [6.45, 7) is 2.74. The summed E-state index contributed by atoms with van der Waals surface area (Å²) < 4.78 is 2.98. The third-order valence-corrected chi connectivity index (χ3v) is 5.39. The first kappa shape index (κ1) is 18.9. The molecule has 0 radical (unpaired) electrons. The summed E-state index contributed by atoms with van der Waals surface area (Å²) in [7, 11) is 0. The van der Waals surface area contributed by atoms with Crippen molar-refractivity contribution in [2.24, 2.45) is 0 Å². The van der Waals surface area contributed by atoms with E-state index >= 15 is 0 Å². The highest BCUT2D eigenvalue weighted by Gasteiger charge is 2.15. The molecular weight excluding hydrogens is 436 g/mol. The molecule has 5 nitrogen and oxygen atoms in total. The summed E-state index contributed by atoms with van der Waals surface area (Å²) in [6.07, 6.45) is 0. The van der Waals surface area contributed by atoms with Crippen molar-refractivity contribution < 1.29 is 4.79 Å². The maximum atomic E-state index is 12.2. The van der Waals surface area contributed by atoms with Gasteiger partial charge in [-0.05, 0) is 31.2 Å². The predicted molar refractivity (Wildman–Crippen MR) is 110 cm³/mol. The van der Waals surface area contributed by atoms with E-state index in [1.54, 1.807) is 12.1 Å². The van der Waals surface area contributed by atoms with Crippen molar-refractivity contribution in [3.8, 4) is 11.4 Å². The second kappa shape index (κ2) is 8.70. The van der Waals surface area contributed by atoms with Crippen LogP contribution in [0.3, 0.4) is 0 Å². The minimum Gasteiger partial charge on any atom is -0.324 e. The molecule has 0 fully saturated rings. The Hall–Kier alpha value is -1.83. The number of amides is 1. The van der Waals surface area contributed by atoms with Crippen molar-refractivity contribution in [3.05, 3.63) is 58.0 Å². The van der Waals surface area contributed by atoms with Gasteiger partial charge in [0.25, 0.3) is 0 Å². The molecule has 3 aromatic rings. The van der Waals surface area contributed by atoms with Crippen molar-refractivity contribution in [3.63, 3.8) is 0 Å². The molecule has 0 aliphatic carbocycles. The summed E-state index contributed by atoms with van der Waals surface area (Å²) in [5.41, 5.74) is 1.58. The van der Waals surface area contributed by atoms with Crippen LogP contribution in [-0.2, 0) is 11.3 Å². The molecule has 0 saturated carbocycles. The molecule has 134 valence electrons. The number of carbonyl (C=O) groups is 1. The van der Waals surface area contributed by atoms with E-state index < -0.39 is 0 Å². The largest absolute Gasteiger partial charge is 0.324 e. The third kappa shape index (κ3) is 4.47. The number of hydrogen-bond donors (Lipinski definition) is 1. The number of benzene rings is 2. The van der Waals surface area contributed by atoms with Gasteiger partial charge < -0.3 is 9.88 Å². The molecule has 0 saturated heterocycles. The molecule has 8 heteroatoms. The van der Waals surface area contributed by atoms with Gasteiger partial charge in [-0.2, -0.15) is 0 Å². The van der Waals surface area contributed by atoms with Crippen molar-refractivity contribution in [1.29, 1.82) is 0 Å². The van der Waals surface area contributed by atoms with E-state index in [1.165, 1.54) is 11.8 Å². The van der Waals surface area contributed by atoms with Crippen LogP contribution in [-0.4, -0.2) is 26.4 Å². The zero-order valence-corrected chi connectivity index (χ0v) is 17.1. The Morgan fingerprint density at radius 1 is 1.23 bits per heavy atom. The first-order valence-corrected chi connectivity index (χ1v) is 10.1. The molecular formula is C18H16BrClN4OS. The van der Waals surface area contributed by atoms with Crippen LogP contribution in [0.25, 0.3) is 11.4 Å². The number of aromatic nitrogens is 3. The van der Waals surface area contributed by atoms with Crippen LogP contribution in [0.15, 0.2) is 58.2 Å². The average Bonchev–Trinajstić information content (AvgIpc) is 3.05. The lowest BCUT2D eigenvalue weighted by atomic mass is 10.2. The number of rotatable bonds is 6. The Bertz CT molecular complexity index is 931. The lowest BCUT2D eigenvalue weighted by molar-refractivity contribution is -0.113. The van der Waals surface area contributed by atoms with Gasteiger partial charge in [-0.1, -0.05) is 63.6 Å². The molecule has 0 spiro atoms. The first-order valence-electron chi connectivity index (χ1n) is 7.94. The summed E-state index contributed by atoms with van der Waals surface area (Å²) in [4.78, 5) is 12.2. The summed E-state index contributed by atoms with van der Waals surface area (Å²) in [5, 5.41) is 12.6. The third-order valence-electron chi connectivity index (χ3n) is 3.60. The number of halogens is 2. The highest BCUT2D eigenvalue weighted by atomic mass is 79.9.